The molecule has 7 heteroatoms. The Morgan fingerprint density at radius 1 is 0.889 bits per heavy atom. The first-order valence-corrected chi connectivity index (χ1v) is 10.6. The number of halogens is 3. The highest BCUT2D eigenvalue weighted by Gasteiger charge is 1.99. The van der Waals surface area contributed by atoms with Crippen LogP contribution in [0.1, 0.15) is 0 Å². The molecule has 4 aromatic rings. The average Bonchev–Trinajstić information content (AvgIpc) is 3.29. The number of rotatable bonds is 3. The molecule has 0 amide bonds. The van der Waals surface area contributed by atoms with E-state index in [1.54, 1.807) is 0 Å². The third-order valence-electron chi connectivity index (χ3n) is 3.73. The van der Waals surface area contributed by atoms with Gasteiger partial charge in [-0.2, -0.15) is 0 Å². The molecule has 0 aliphatic carbocycles. The Kier molecular flexibility index (Phi) is 9.38. The van der Waals surface area contributed by atoms with Crippen molar-refractivity contribution < 1.29 is 0 Å². The second-order valence-electron chi connectivity index (χ2n) is 5.69. The fourth-order valence-electron chi connectivity index (χ4n) is 2.53. The van der Waals surface area contributed by atoms with E-state index in [1.165, 1.54) is 21.8 Å². The second-order valence-corrected chi connectivity index (χ2v) is 7.90. The smallest absolute Gasteiger partial charge is 0.0481 e. The van der Waals surface area contributed by atoms with Gasteiger partial charge >= 0.3 is 0 Å². The first-order valence-electron chi connectivity index (χ1n) is 8.52. The fourth-order valence-corrected chi connectivity index (χ4v) is 3.29. The van der Waals surface area contributed by atoms with Crippen molar-refractivity contribution in [2.24, 2.45) is 11.5 Å². The SMILES string of the molecule is Brc1ccc2[nH]ccc2c1.NCCCl.NCCn1ccc2cc(Br)ccc21. The highest BCUT2D eigenvalue weighted by Crippen LogP contribution is 2.20. The Hall–Kier alpha value is -1.31. The first kappa shape index (κ1) is 22.0. The van der Waals surface area contributed by atoms with Crippen molar-refractivity contribution in [2.75, 3.05) is 19.0 Å². The lowest BCUT2D eigenvalue weighted by Crippen LogP contribution is -2.08. The molecule has 2 aromatic heterocycles. The largest absolute Gasteiger partial charge is 0.361 e. The summed E-state index contributed by atoms with van der Waals surface area (Å²) in [5, 5.41) is 2.50. The molecule has 0 bridgehead atoms. The summed E-state index contributed by atoms with van der Waals surface area (Å²) >= 11 is 11.9. The van der Waals surface area contributed by atoms with Gasteiger partial charge in [-0.15, -0.1) is 11.6 Å². The number of nitrogens with two attached hydrogens (primary N) is 2. The molecule has 0 aliphatic heterocycles. The first-order chi connectivity index (χ1) is 13.1. The minimum absolute atomic E-state index is 0.569. The number of aromatic nitrogens is 2. The standard InChI is InChI=1S/C10H11BrN2.C8H6BrN.C2H6ClN/c11-9-1-2-10-8(7-9)3-5-13(10)6-4-12;9-7-1-2-8-6(5-7)3-4-10-8;3-1-2-4/h1-3,5,7H,4,6,12H2;1-5,10H;1-2,4H2. The molecule has 0 aliphatic rings. The van der Waals surface area contributed by atoms with Crippen molar-refractivity contribution in [3.63, 3.8) is 0 Å². The van der Waals surface area contributed by atoms with Gasteiger partial charge in [-0.3, -0.25) is 0 Å². The van der Waals surface area contributed by atoms with E-state index in [0.29, 0.717) is 19.0 Å². The van der Waals surface area contributed by atoms with Crippen LogP contribution in [0.2, 0.25) is 0 Å². The molecule has 5 N–H and O–H groups in total. The van der Waals surface area contributed by atoms with Crippen molar-refractivity contribution in [1.29, 1.82) is 0 Å². The molecule has 27 heavy (non-hydrogen) atoms. The Labute approximate surface area is 181 Å². The maximum absolute atomic E-state index is 5.51. The molecule has 0 spiro atoms. The number of nitrogens with zero attached hydrogens (tertiary/aromatic N) is 1. The van der Waals surface area contributed by atoms with Crippen LogP contribution >= 0.6 is 43.5 Å². The second kappa shape index (κ2) is 11.5. The van der Waals surface area contributed by atoms with Crippen LogP contribution < -0.4 is 11.5 Å². The lowest BCUT2D eigenvalue weighted by molar-refractivity contribution is 0.735. The summed E-state index contributed by atoms with van der Waals surface area (Å²) in [5.41, 5.74) is 12.8. The van der Waals surface area contributed by atoms with Crippen molar-refractivity contribution >= 4 is 65.3 Å². The maximum Gasteiger partial charge on any atom is 0.0481 e. The van der Waals surface area contributed by atoms with Crippen molar-refractivity contribution in [3.05, 3.63) is 69.9 Å². The number of fused-ring (bicyclic) bond motifs is 2. The Morgan fingerprint density at radius 3 is 2.22 bits per heavy atom. The topological polar surface area (TPSA) is 72.8 Å². The molecule has 0 fully saturated rings. The fraction of sp³-hybridized carbons (Fsp3) is 0.200. The number of H-pyrrole nitrogens is 1. The van der Waals surface area contributed by atoms with E-state index >= 15 is 0 Å². The summed E-state index contributed by atoms with van der Waals surface area (Å²) in [6.07, 6.45) is 4.01. The van der Waals surface area contributed by atoms with Gasteiger partial charge in [0.25, 0.3) is 0 Å². The van der Waals surface area contributed by atoms with E-state index in [1.807, 2.05) is 12.3 Å². The molecule has 0 atom stereocenters. The molecule has 0 unspecified atom stereocenters. The molecular weight excluding hydrogens is 492 g/mol. The predicted molar refractivity (Wildman–Crippen MR) is 124 cm³/mol. The molecule has 0 radical (unpaired) electrons. The van der Waals surface area contributed by atoms with Gasteiger partial charge in [0.1, 0.15) is 0 Å². The summed E-state index contributed by atoms with van der Waals surface area (Å²) < 4.78 is 4.41. The van der Waals surface area contributed by atoms with Gasteiger partial charge in [-0.25, -0.2) is 0 Å². The average molecular weight is 515 g/mol. The van der Waals surface area contributed by atoms with E-state index in [9.17, 15) is 0 Å². The normalized spacial score (nSPS) is 10.3. The Morgan fingerprint density at radius 2 is 1.56 bits per heavy atom. The van der Waals surface area contributed by atoms with Crippen molar-refractivity contribution in [3.8, 4) is 0 Å². The minimum Gasteiger partial charge on any atom is -0.361 e. The minimum atomic E-state index is 0.569. The number of alkyl halides is 1. The van der Waals surface area contributed by atoms with E-state index in [4.69, 9.17) is 23.1 Å². The maximum atomic E-state index is 5.51. The van der Waals surface area contributed by atoms with E-state index in [2.05, 4.69) is 90.1 Å². The molecular formula is C20H23Br2ClN4. The van der Waals surface area contributed by atoms with Gasteiger partial charge in [0.05, 0.1) is 0 Å². The van der Waals surface area contributed by atoms with Gasteiger partial charge in [0.2, 0.25) is 0 Å². The lowest BCUT2D eigenvalue weighted by atomic mass is 10.2. The highest BCUT2D eigenvalue weighted by atomic mass is 79.9. The number of nitrogens with one attached hydrogen (secondary N) is 1. The summed E-state index contributed by atoms with van der Waals surface area (Å²) in [4.78, 5) is 3.13. The van der Waals surface area contributed by atoms with Crippen LogP contribution in [0.25, 0.3) is 21.8 Å². The zero-order valence-electron chi connectivity index (χ0n) is 14.8. The molecule has 2 aromatic carbocycles. The van der Waals surface area contributed by atoms with Crippen LogP contribution in [0, 0.1) is 0 Å². The predicted octanol–water partition coefficient (Wildman–Crippen LogP) is 5.48. The lowest BCUT2D eigenvalue weighted by Gasteiger charge is -2.02. The monoisotopic (exact) mass is 512 g/mol. The molecule has 0 saturated heterocycles. The molecule has 4 nitrogen and oxygen atoms in total. The molecule has 2 heterocycles. The van der Waals surface area contributed by atoms with Crippen LogP contribution in [-0.2, 0) is 6.54 Å². The van der Waals surface area contributed by atoms with Crippen LogP contribution in [0.15, 0.2) is 69.9 Å². The summed E-state index contributed by atoms with van der Waals surface area (Å²) in [7, 11) is 0. The van der Waals surface area contributed by atoms with Crippen LogP contribution in [0.5, 0.6) is 0 Å². The zero-order chi connectivity index (χ0) is 19.6. The number of hydrogen-bond donors (Lipinski definition) is 3. The van der Waals surface area contributed by atoms with E-state index in [0.717, 1.165) is 15.5 Å². The number of hydrogen-bond acceptors (Lipinski definition) is 2. The quantitative estimate of drug-likeness (QED) is 0.317. The third-order valence-corrected chi connectivity index (χ3v) is 4.93. The van der Waals surface area contributed by atoms with Gasteiger partial charge < -0.3 is 21.0 Å². The molecule has 0 saturated carbocycles. The van der Waals surface area contributed by atoms with Crippen molar-refractivity contribution in [2.45, 2.75) is 6.54 Å². The molecule has 144 valence electrons. The van der Waals surface area contributed by atoms with Crippen molar-refractivity contribution in [1.82, 2.24) is 9.55 Å². The highest BCUT2D eigenvalue weighted by molar-refractivity contribution is 9.10. The van der Waals surface area contributed by atoms with Gasteiger partial charge in [0, 0.05) is 68.7 Å². The van der Waals surface area contributed by atoms with Crippen LogP contribution in [0.4, 0.5) is 0 Å². The van der Waals surface area contributed by atoms with E-state index in [-0.39, 0.29) is 0 Å². The van der Waals surface area contributed by atoms with Crippen LogP contribution in [0.3, 0.4) is 0 Å². The van der Waals surface area contributed by atoms with Gasteiger partial charge in [0.15, 0.2) is 0 Å². The van der Waals surface area contributed by atoms with E-state index < -0.39 is 0 Å². The summed E-state index contributed by atoms with van der Waals surface area (Å²) in [6, 6.07) is 16.6. The molecule has 4 rings (SSSR count). The van der Waals surface area contributed by atoms with Gasteiger partial charge in [-0.05, 0) is 48.5 Å². The van der Waals surface area contributed by atoms with Gasteiger partial charge in [-0.1, -0.05) is 31.9 Å². The number of aromatic amines is 1. The number of benzene rings is 2. The van der Waals surface area contributed by atoms with Crippen LogP contribution in [-0.4, -0.2) is 28.5 Å². The summed E-state index contributed by atoms with van der Waals surface area (Å²) in [6.45, 7) is 2.15. The Balaban J connectivity index is 0.000000166. The Bertz CT molecular complexity index is 963. The summed E-state index contributed by atoms with van der Waals surface area (Å²) in [5.74, 6) is 0.569. The third kappa shape index (κ3) is 6.66. The zero-order valence-corrected chi connectivity index (χ0v) is 18.8.